The maximum Gasteiger partial charge on any atom is 0.272 e. The zero-order chi connectivity index (χ0) is 24.5. The number of rotatable bonds is 7. The Hall–Kier alpha value is -3.74. The van der Waals surface area contributed by atoms with Gasteiger partial charge in [0.05, 0.1) is 22.7 Å². The van der Waals surface area contributed by atoms with Gasteiger partial charge in [0.25, 0.3) is 5.91 Å². The Labute approximate surface area is 199 Å². The minimum absolute atomic E-state index is 0.154. The number of nitrogens with two attached hydrogens (primary N) is 1. The highest BCUT2D eigenvalue weighted by Crippen LogP contribution is 2.43. The van der Waals surface area contributed by atoms with Crippen LogP contribution < -0.4 is 16.0 Å². The second-order valence-electron chi connectivity index (χ2n) is 9.36. The number of fused-ring (bicyclic) bond motifs is 1. The lowest BCUT2D eigenvalue weighted by Crippen LogP contribution is -2.54. The quantitative estimate of drug-likeness (QED) is 0.623. The topological polar surface area (TPSA) is 105 Å². The molecule has 4 rings (SSSR count). The molecule has 0 saturated heterocycles. The number of benzodiazepines with no additional fused rings is 1. The molecule has 0 unspecified atom stereocenters. The maximum atomic E-state index is 13.6. The number of hydrogen-bond acceptors (Lipinski definition) is 4. The van der Waals surface area contributed by atoms with Crippen LogP contribution in [0.25, 0.3) is 0 Å². The molecule has 34 heavy (non-hydrogen) atoms. The zero-order valence-electron chi connectivity index (χ0n) is 19.7. The number of likely N-dealkylation sites (N-methyl/N-ethyl adjacent to an activating group) is 1. The van der Waals surface area contributed by atoms with E-state index < -0.39 is 29.3 Å². The molecule has 0 bridgehead atoms. The lowest BCUT2D eigenvalue weighted by Gasteiger charge is -2.40. The fourth-order valence-corrected chi connectivity index (χ4v) is 4.69. The average molecular weight is 459 g/mol. The number of aliphatic imine (C=N–C) groups is 1. The summed E-state index contributed by atoms with van der Waals surface area (Å²) < 4.78 is 0. The third-order valence-corrected chi connectivity index (χ3v) is 6.64. The number of benzene rings is 2. The summed E-state index contributed by atoms with van der Waals surface area (Å²) in [5, 5.41) is 2.85. The molecule has 2 aliphatic rings. The molecule has 3 N–H and O–H groups in total. The number of hydrogen-bond donors (Lipinski definition) is 2. The van der Waals surface area contributed by atoms with Crippen LogP contribution in [-0.4, -0.2) is 36.6 Å². The second-order valence-corrected chi connectivity index (χ2v) is 9.36. The first-order valence-corrected chi connectivity index (χ1v) is 11.5. The minimum atomic E-state index is -1.14. The SMILES string of the molecule is CC(C)C[C@@H](C(=O)N[C@H]1N=C(c2ccccc2)c2ccccc2N(C)C1=O)[C@@]1(C(N)=O)C=CC1. The van der Waals surface area contributed by atoms with Crippen molar-refractivity contribution in [3.63, 3.8) is 0 Å². The number of nitrogens with zero attached hydrogens (tertiary/aromatic N) is 2. The highest BCUT2D eigenvalue weighted by Gasteiger charge is 2.49. The fraction of sp³-hybridized carbons (Fsp3) is 0.333. The van der Waals surface area contributed by atoms with Gasteiger partial charge in [-0.15, -0.1) is 0 Å². The minimum Gasteiger partial charge on any atom is -0.369 e. The van der Waals surface area contributed by atoms with Crippen LogP contribution in [0.4, 0.5) is 5.69 Å². The number of nitrogens with one attached hydrogen (secondary N) is 1. The molecule has 0 fully saturated rings. The molecule has 176 valence electrons. The van der Waals surface area contributed by atoms with Gasteiger partial charge in [0.15, 0.2) is 0 Å². The summed E-state index contributed by atoms with van der Waals surface area (Å²) in [7, 11) is 1.68. The second kappa shape index (κ2) is 9.25. The Kier molecular flexibility index (Phi) is 6.37. The predicted molar refractivity (Wildman–Crippen MR) is 132 cm³/mol. The van der Waals surface area contributed by atoms with Gasteiger partial charge in [-0.25, -0.2) is 4.99 Å². The Morgan fingerprint density at radius 3 is 2.38 bits per heavy atom. The van der Waals surface area contributed by atoms with Crippen LogP contribution in [0, 0.1) is 17.3 Å². The zero-order valence-corrected chi connectivity index (χ0v) is 19.7. The Morgan fingerprint density at radius 2 is 1.79 bits per heavy atom. The van der Waals surface area contributed by atoms with E-state index in [0.717, 1.165) is 11.1 Å². The summed E-state index contributed by atoms with van der Waals surface area (Å²) in [5.74, 6) is -1.81. The van der Waals surface area contributed by atoms with E-state index in [1.807, 2.05) is 74.5 Å². The third-order valence-electron chi connectivity index (χ3n) is 6.64. The van der Waals surface area contributed by atoms with Crippen molar-refractivity contribution in [1.29, 1.82) is 0 Å². The van der Waals surface area contributed by atoms with Gasteiger partial charge in [0.2, 0.25) is 18.0 Å². The van der Waals surface area contributed by atoms with Crippen LogP contribution in [0.1, 0.15) is 37.8 Å². The fourth-order valence-electron chi connectivity index (χ4n) is 4.69. The highest BCUT2D eigenvalue weighted by atomic mass is 16.2. The number of carbonyl (C=O) groups is 3. The van der Waals surface area contributed by atoms with Crippen LogP contribution in [0.5, 0.6) is 0 Å². The molecule has 7 heteroatoms. The first kappa shape index (κ1) is 23.4. The Balaban J connectivity index is 1.74. The van der Waals surface area contributed by atoms with Crippen LogP contribution in [-0.2, 0) is 14.4 Å². The summed E-state index contributed by atoms with van der Waals surface area (Å²) in [6.45, 7) is 3.98. The number of anilines is 1. The molecular weight excluding hydrogens is 428 g/mol. The third kappa shape index (κ3) is 4.14. The number of allylic oxidation sites excluding steroid dienone is 1. The molecule has 1 aliphatic carbocycles. The van der Waals surface area contributed by atoms with Gasteiger partial charge in [-0.3, -0.25) is 14.4 Å². The van der Waals surface area contributed by atoms with Gasteiger partial charge >= 0.3 is 0 Å². The standard InChI is InChI=1S/C27H30N4O3/c1-17(2)16-20(27(26(28)34)14-9-15-27)24(32)30-23-25(33)31(3)21-13-8-7-12-19(21)22(29-23)18-10-5-4-6-11-18/h4-14,17,20,23H,15-16H2,1-3H3,(H2,28,34)(H,30,32)/t20-,23+,27+/m0/s1. The summed E-state index contributed by atoms with van der Waals surface area (Å²) in [6.07, 6.45) is 3.31. The number of carbonyl (C=O) groups excluding carboxylic acids is 3. The molecule has 1 heterocycles. The lowest BCUT2D eigenvalue weighted by atomic mass is 9.63. The monoisotopic (exact) mass is 458 g/mol. The molecule has 2 aromatic rings. The van der Waals surface area contributed by atoms with E-state index in [1.165, 1.54) is 4.90 Å². The summed E-state index contributed by atoms with van der Waals surface area (Å²) in [6, 6.07) is 17.1. The van der Waals surface area contributed by atoms with E-state index in [4.69, 9.17) is 10.7 Å². The molecule has 0 spiro atoms. The average Bonchev–Trinajstić information content (AvgIpc) is 2.88. The van der Waals surface area contributed by atoms with Crippen LogP contribution >= 0.6 is 0 Å². The van der Waals surface area contributed by atoms with Crippen LogP contribution in [0.2, 0.25) is 0 Å². The van der Waals surface area contributed by atoms with E-state index in [-0.39, 0.29) is 11.8 Å². The van der Waals surface area contributed by atoms with Crippen LogP contribution in [0.15, 0.2) is 71.7 Å². The van der Waals surface area contributed by atoms with E-state index in [1.54, 1.807) is 13.1 Å². The van der Waals surface area contributed by atoms with Gasteiger partial charge in [0, 0.05) is 18.2 Å². The van der Waals surface area contributed by atoms with Crippen molar-refractivity contribution in [2.24, 2.45) is 28.0 Å². The molecule has 7 nitrogen and oxygen atoms in total. The highest BCUT2D eigenvalue weighted by molar-refractivity contribution is 6.20. The molecule has 0 aromatic heterocycles. The van der Waals surface area contributed by atoms with Gasteiger partial charge < -0.3 is 16.0 Å². The molecule has 1 aliphatic heterocycles. The normalized spacial score (nSPS) is 22.4. The Morgan fingerprint density at radius 1 is 1.15 bits per heavy atom. The number of primary amides is 1. The van der Waals surface area contributed by atoms with Crippen molar-refractivity contribution in [2.45, 2.75) is 32.9 Å². The lowest BCUT2D eigenvalue weighted by molar-refractivity contribution is -0.140. The van der Waals surface area contributed by atoms with E-state index in [2.05, 4.69) is 5.32 Å². The van der Waals surface area contributed by atoms with E-state index in [9.17, 15) is 14.4 Å². The van der Waals surface area contributed by atoms with Crippen molar-refractivity contribution in [3.8, 4) is 0 Å². The van der Waals surface area contributed by atoms with Crippen molar-refractivity contribution >= 4 is 29.1 Å². The summed E-state index contributed by atoms with van der Waals surface area (Å²) in [4.78, 5) is 45.6. The van der Waals surface area contributed by atoms with Crippen molar-refractivity contribution in [1.82, 2.24) is 5.32 Å². The van der Waals surface area contributed by atoms with E-state index in [0.29, 0.717) is 24.2 Å². The number of amides is 3. The van der Waals surface area contributed by atoms with Gasteiger partial charge in [-0.05, 0) is 24.8 Å². The maximum absolute atomic E-state index is 13.6. The summed E-state index contributed by atoms with van der Waals surface area (Å²) in [5.41, 5.74) is 7.67. The van der Waals surface area contributed by atoms with E-state index >= 15 is 0 Å². The van der Waals surface area contributed by atoms with Gasteiger partial charge in [-0.2, -0.15) is 0 Å². The van der Waals surface area contributed by atoms with Crippen molar-refractivity contribution < 1.29 is 14.4 Å². The van der Waals surface area contributed by atoms with Crippen LogP contribution in [0.3, 0.4) is 0 Å². The van der Waals surface area contributed by atoms with Gasteiger partial charge in [-0.1, -0.05) is 74.5 Å². The molecule has 3 atom stereocenters. The molecule has 3 amide bonds. The largest absolute Gasteiger partial charge is 0.369 e. The van der Waals surface area contributed by atoms with Gasteiger partial charge in [0.1, 0.15) is 0 Å². The summed E-state index contributed by atoms with van der Waals surface area (Å²) >= 11 is 0. The van der Waals surface area contributed by atoms with Crippen molar-refractivity contribution in [3.05, 3.63) is 77.9 Å². The smallest absolute Gasteiger partial charge is 0.272 e. The number of para-hydroxylation sites is 1. The molecule has 2 aromatic carbocycles. The molecule has 0 saturated carbocycles. The predicted octanol–water partition coefficient (Wildman–Crippen LogP) is 3.04. The Bertz CT molecular complexity index is 1170. The first-order valence-electron chi connectivity index (χ1n) is 11.5. The molecular formula is C27H30N4O3. The molecule has 0 radical (unpaired) electrons. The first-order chi connectivity index (χ1) is 16.2. The van der Waals surface area contributed by atoms with Crippen molar-refractivity contribution in [2.75, 3.05) is 11.9 Å².